The summed E-state index contributed by atoms with van der Waals surface area (Å²) in [6, 6.07) is 13.1. The van der Waals surface area contributed by atoms with Crippen LogP contribution in [0.4, 0.5) is 14.6 Å². The predicted molar refractivity (Wildman–Crippen MR) is 147 cm³/mol. The number of nitrogens with one attached hydrogen (secondary N) is 2. The lowest BCUT2D eigenvalue weighted by Gasteiger charge is -2.45. The molecule has 8 heteroatoms. The third-order valence-electron chi connectivity index (χ3n) is 9.22. The summed E-state index contributed by atoms with van der Waals surface area (Å²) in [6.45, 7) is 0.773. The molecule has 2 aliphatic heterocycles. The highest BCUT2D eigenvalue weighted by molar-refractivity contribution is 6.06. The van der Waals surface area contributed by atoms with Crippen LogP contribution in [0.5, 0.6) is 0 Å². The Morgan fingerprint density at radius 2 is 1.77 bits per heavy atom. The predicted octanol–water partition coefficient (Wildman–Crippen LogP) is 4.85. The van der Waals surface area contributed by atoms with Gasteiger partial charge in [0.25, 0.3) is 0 Å². The van der Waals surface area contributed by atoms with E-state index in [0.29, 0.717) is 37.3 Å². The Labute approximate surface area is 231 Å². The molecular formula is C32H30F2N4O2. The average Bonchev–Trinajstić information content (AvgIpc) is 3.63. The van der Waals surface area contributed by atoms with E-state index >= 15 is 0 Å². The quantitative estimate of drug-likeness (QED) is 0.497. The number of amides is 2. The first-order valence-corrected chi connectivity index (χ1v) is 13.9. The minimum atomic E-state index is -0.649. The summed E-state index contributed by atoms with van der Waals surface area (Å²) in [5.74, 6) is -0.666. The van der Waals surface area contributed by atoms with E-state index in [1.165, 1.54) is 12.1 Å². The van der Waals surface area contributed by atoms with Gasteiger partial charge < -0.3 is 15.5 Å². The number of rotatable bonds is 4. The van der Waals surface area contributed by atoms with Gasteiger partial charge in [-0.25, -0.2) is 13.8 Å². The van der Waals surface area contributed by atoms with Crippen LogP contribution in [-0.4, -0.2) is 40.3 Å². The highest BCUT2D eigenvalue weighted by Crippen LogP contribution is 2.46. The lowest BCUT2D eigenvalue weighted by atomic mass is 9.79. The molecule has 2 fully saturated rings. The van der Waals surface area contributed by atoms with Gasteiger partial charge in [-0.2, -0.15) is 0 Å². The maximum Gasteiger partial charge on any atom is 0.243 e. The standard InChI is InChI=1S/C32H30F2N4O2/c33-24-14-22(15-25(34)16-24)27-19-36-32(9-1-2-10-32)30(40)38(27)12-4-5-20-7-8-21-17-31(18-23(21)13-20)26-6-3-11-35-28(26)37-29(31)39/h3-8,11,13-16,27,36H,1-2,9-10,12,17-19H2,(H,35,37,39)/t27-,31+/m0/s1. The number of carbonyl (C=O) groups excluding carboxylic acids is 2. The second-order valence-electron chi connectivity index (χ2n) is 11.6. The molecule has 0 radical (unpaired) electrons. The van der Waals surface area contributed by atoms with Crippen LogP contribution in [0.15, 0.2) is 60.8 Å². The Morgan fingerprint density at radius 3 is 2.58 bits per heavy atom. The molecule has 2 amide bonds. The molecule has 2 spiro atoms. The minimum Gasteiger partial charge on any atom is -0.329 e. The SMILES string of the molecule is O=C1N(CC=Cc2ccc3c(c2)C[C@@]2(C3)C(=O)Nc3ncccc32)[C@H](c2cc(F)cc(F)c2)CNC12CCCC2. The van der Waals surface area contributed by atoms with Crippen molar-refractivity contribution < 1.29 is 18.4 Å². The van der Waals surface area contributed by atoms with Gasteiger partial charge in [-0.1, -0.05) is 49.3 Å². The highest BCUT2D eigenvalue weighted by Gasteiger charge is 2.51. The first kappa shape index (κ1) is 25.1. The zero-order valence-corrected chi connectivity index (χ0v) is 22.1. The Morgan fingerprint density at radius 1 is 1.00 bits per heavy atom. The van der Waals surface area contributed by atoms with Crippen LogP contribution in [0.25, 0.3) is 6.08 Å². The normalized spacial score (nSPS) is 24.8. The molecule has 4 aliphatic rings. The van der Waals surface area contributed by atoms with Crippen LogP contribution >= 0.6 is 0 Å². The molecule has 1 aromatic heterocycles. The van der Waals surface area contributed by atoms with Crippen LogP contribution in [0.3, 0.4) is 0 Å². The molecule has 7 rings (SSSR count). The van der Waals surface area contributed by atoms with Gasteiger partial charge in [0.15, 0.2) is 0 Å². The molecule has 3 aromatic rings. The van der Waals surface area contributed by atoms with Crippen molar-refractivity contribution in [1.29, 1.82) is 0 Å². The van der Waals surface area contributed by atoms with Crippen molar-refractivity contribution in [2.45, 2.75) is 55.5 Å². The van der Waals surface area contributed by atoms with Gasteiger partial charge in [-0.05, 0) is 66.1 Å². The van der Waals surface area contributed by atoms with Gasteiger partial charge in [-0.3, -0.25) is 9.59 Å². The number of benzene rings is 2. The molecular weight excluding hydrogens is 510 g/mol. The largest absolute Gasteiger partial charge is 0.329 e. The van der Waals surface area contributed by atoms with E-state index < -0.39 is 28.6 Å². The van der Waals surface area contributed by atoms with Crippen molar-refractivity contribution in [3.8, 4) is 0 Å². The molecule has 2 aromatic carbocycles. The first-order chi connectivity index (χ1) is 19.4. The highest BCUT2D eigenvalue weighted by atomic mass is 19.1. The zero-order chi connectivity index (χ0) is 27.5. The lowest BCUT2D eigenvalue weighted by Crippen LogP contribution is -2.63. The van der Waals surface area contributed by atoms with Gasteiger partial charge in [0.1, 0.15) is 17.5 Å². The van der Waals surface area contributed by atoms with Crippen molar-refractivity contribution in [1.82, 2.24) is 15.2 Å². The van der Waals surface area contributed by atoms with E-state index in [2.05, 4.69) is 27.8 Å². The molecule has 0 bridgehead atoms. The lowest BCUT2D eigenvalue weighted by molar-refractivity contribution is -0.144. The topological polar surface area (TPSA) is 74.3 Å². The molecule has 2 N–H and O–H groups in total. The van der Waals surface area contributed by atoms with Crippen molar-refractivity contribution >= 4 is 23.7 Å². The van der Waals surface area contributed by atoms with E-state index in [-0.39, 0.29) is 11.8 Å². The van der Waals surface area contributed by atoms with E-state index in [0.717, 1.165) is 54.0 Å². The van der Waals surface area contributed by atoms with Gasteiger partial charge in [0.2, 0.25) is 11.8 Å². The monoisotopic (exact) mass is 540 g/mol. The van der Waals surface area contributed by atoms with E-state index in [1.54, 1.807) is 11.1 Å². The van der Waals surface area contributed by atoms with Crippen LogP contribution in [0.1, 0.15) is 59.5 Å². The number of carbonyl (C=O) groups is 2. The van der Waals surface area contributed by atoms with E-state index in [9.17, 15) is 18.4 Å². The molecule has 1 saturated heterocycles. The van der Waals surface area contributed by atoms with Gasteiger partial charge >= 0.3 is 0 Å². The number of fused-ring (bicyclic) bond motifs is 3. The Hall–Kier alpha value is -3.91. The summed E-state index contributed by atoms with van der Waals surface area (Å²) in [4.78, 5) is 32.9. The van der Waals surface area contributed by atoms with Gasteiger partial charge in [-0.15, -0.1) is 0 Å². The summed E-state index contributed by atoms with van der Waals surface area (Å²) in [5.41, 5.74) is 3.45. The number of aromatic nitrogens is 1. The summed E-state index contributed by atoms with van der Waals surface area (Å²) in [6.07, 6.45) is 10.4. The fourth-order valence-corrected chi connectivity index (χ4v) is 7.23. The minimum absolute atomic E-state index is 0.00705. The number of halogens is 2. The number of hydrogen-bond donors (Lipinski definition) is 2. The van der Waals surface area contributed by atoms with E-state index in [1.807, 2.05) is 30.4 Å². The van der Waals surface area contributed by atoms with Crippen molar-refractivity contribution in [3.05, 3.63) is 100 Å². The zero-order valence-electron chi connectivity index (χ0n) is 22.1. The molecule has 1 saturated carbocycles. The third-order valence-corrected chi connectivity index (χ3v) is 9.22. The summed E-state index contributed by atoms with van der Waals surface area (Å²) < 4.78 is 28.2. The fraction of sp³-hybridized carbons (Fsp3) is 0.344. The second-order valence-corrected chi connectivity index (χ2v) is 11.6. The number of pyridine rings is 1. The van der Waals surface area contributed by atoms with Crippen LogP contribution in [0.2, 0.25) is 0 Å². The number of anilines is 1. The number of nitrogens with zero attached hydrogens (tertiary/aromatic N) is 2. The molecule has 6 nitrogen and oxygen atoms in total. The maximum absolute atomic E-state index is 14.1. The van der Waals surface area contributed by atoms with Crippen LogP contribution in [-0.2, 0) is 27.8 Å². The summed E-state index contributed by atoms with van der Waals surface area (Å²) in [5, 5.41) is 6.38. The van der Waals surface area contributed by atoms with Crippen molar-refractivity contribution in [2.24, 2.45) is 0 Å². The van der Waals surface area contributed by atoms with Crippen LogP contribution < -0.4 is 10.6 Å². The second kappa shape index (κ2) is 9.34. The van der Waals surface area contributed by atoms with Crippen molar-refractivity contribution in [2.75, 3.05) is 18.4 Å². The van der Waals surface area contributed by atoms with Crippen LogP contribution in [0, 0.1) is 11.6 Å². The first-order valence-electron chi connectivity index (χ1n) is 13.9. The summed E-state index contributed by atoms with van der Waals surface area (Å²) in [7, 11) is 0. The molecule has 2 atom stereocenters. The fourth-order valence-electron chi connectivity index (χ4n) is 7.23. The molecule has 0 unspecified atom stereocenters. The number of piperazine rings is 1. The average molecular weight is 541 g/mol. The maximum atomic E-state index is 14.1. The molecule has 204 valence electrons. The molecule has 40 heavy (non-hydrogen) atoms. The Bertz CT molecular complexity index is 1540. The Kier molecular flexibility index (Phi) is 5.85. The van der Waals surface area contributed by atoms with E-state index in [4.69, 9.17) is 0 Å². The number of hydrogen-bond acceptors (Lipinski definition) is 4. The molecule has 3 heterocycles. The third kappa shape index (κ3) is 3.96. The smallest absolute Gasteiger partial charge is 0.243 e. The summed E-state index contributed by atoms with van der Waals surface area (Å²) >= 11 is 0. The molecule has 2 aliphatic carbocycles. The Balaban J connectivity index is 1.14. The van der Waals surface area contributed by atoms with Gasteiger partial charge in [0, 0.05) is 30.9 Å². The van der Waals surface area contributed by atoms with Crippen molar-refractivity contribution in [3.63, 3.8) is 0 Å². The van der Waals surface area contributed by atoms with Gasteiger partial charge in [0.05, 0.1) is 17.0 Å².